The molecule has 2 amide bonds. The summed E-state index contributed by atoms with van der Waals surface area (Å²) in [5.74, 6) is -1.30. The quantitative estimate of drug-likeness (QED) is 0.857. The summed E-state index contributed by atoms with van der Waals surface area (Å²) in [6, 6.07) is -0.221. The largest absolute Gasteiger partial charge is 0.481 e. The summed E-state index contributed by atoms with van der Waals surface area (Å²) in [5, 5.41) is 14.4. The lowest BCUT2D eigenvalue weighted by molar-refractivity contribution is -0.142. The Bertz CT molecular complexity index is 435. The summed E-state index contributed by atoms with van der Waals surface area (Å²) in [7, 11) is 0. The van der Waals surface area contributed by atoms with Gasteiger partial charge in [-0.2, -0.15) is 0 Å². The van der Waals surface area contributed by atoms with Gasteiger partial charge in [-0.1, -0.05) is 6.92 Å². The van der Waals surface area contributed by atoms with Gasteiger partial charge in [0.05, 0.1) is 12.5 Å². The fourth-order valence-corrected chi connectivity index (χ4v) is 2.61. The van der Waals surface area contributed by atoms with Gasteiger partial charge >= 0.3 is 12.0 Å². The van der Waals surface area contributed by atoms with Crippen LogP contribution in [0.2, 0.25) is 0 Å². The molecule has 7 heteroatoms. The topological polar surface area (TPSA) is 82.5 Å². The average molecular weight is 269 g/mol. The van der Waals surface area contributed by atoms with Gasteiger partial charge in [-0.15, -0.1) is 11.3 Å². The first-order valence-electron chi connectivity index (χ1n) is 5.72. The molecule has 1 saturated heterocycles. The smallest absolute Gasteiger partial charge is 0.317 e. The van der Waals surface area contributed by atoms with Crippen LogP contribution in [0.1, 0.15) is 11.9 Å². The second kappa shape index (κ2) is 5.34. The number of aliphatic carboxylic acids is 1. The summed E-state index contributed by atoms with van der Waals surface area (Å²) >= 11 is 1.47. The highest BCUT2D eigenvalue weighted by atomic mass is 32.1. The third kappa shape index (κ3) is 2.79. The zero-order valence-corrected chi connectivity index (χ0v) is 10.8. The van der Waals surface area contributed by atoms with E-state index in [1.54, 1.807) is 11.1 Å². The number of rotatable bonds is 3. The molecule has 1 fully saturated rings. The fraction of sp³-hybridized carbons (Fsp3) is 0.545. The lowest BCUT2D eigenvalue weighted by atomic mass is 9.99. The summed E-state index contributed by atoms with van der Waals surface area (Å²) in [5.41, 5.74) is 0. The van der Waals surface area contributed by atoms with Crippen LogP contribution in [0.15, 0.2) is 11.6 Å². The number of carbonyl (C=O) groups is 2. The lowest BCUT2D eigenvalue weighted by Gasteiger charge is -2.16. The van der Waals surface area contributed by atoms with E-state index in [0.29, 0.717) is 13.1 Å². The third-order valence-corrected chi connectivity index (χ3v) is 3.87. The van der Waals surface area contributed by atoms with Gasteiger partial charge in [-0.05, 0) is 5.92 Å². The van der Waals surface area contributed by atoms with Gasteiger partial charge in [0.25, 0.3) is 0 Å². The molecular weight excluding hydrogens is 254 g/mol. The maximum Gasteiger partial charge on any atom is 0.317 e. The molecule has 2 unspecified atom stereocenters. The van der Waals surface area contributed by atoms with Gasteiger partial charge in [-0.25, -0.2) is 9.78 Å². The van der Waals surface area contributed by atoms with E-state index in [4.69, 9.17) is 5.11 Å². The van der Waals surface area contributed by atoms with Crippen molar-refractivity contribution in [2.75, 3.05) is 13.1 Å². The Kier molecular flexibility index (Phi) is 3.81. The number of amides is 2. The molecule has 0 aromatic carbocycles. The highest BCUT2D eigenvalue weighted by Crippen LogP contribution is 2.23. The zero-order valence-electron chi connectivity index (χ0n) is 10.00. The highest BCUT2D eigenvalue weighted by Gasteiger charge is 2.36. The molecule has 0 bridgehead atoms. The zero-order chi connectivity index (χ0) is 13.1. The van der Waals surface area contributed by atoms with E-state index in [1.807, 2.05) is 12.3 Å². The Morgan fingerprint density at radius 1 is 1.61 bits per heavy atom. The normalized spacial score (nSPS) is 23.1. The van der Waals surface area contributed by atoms with Crippen molar-refractivity contribution >= 4 is 23.3 Å². The molecule has 2 heterocycles. The van der Waals surface area contributed by atoms with Crippen LogP contribution in [-0.4, -0.2) is 40.1 Å². The lowest BCUT2D eigenvalue weighted by Crippen LogP contribution is -2.38. The van der Waals surface area contributed by atoms with Crippen LogP contribution in [0.5, 0.6) is 0 Å². The number of carboxylic acid groups (broad SMARTS) is 1. The number of likely N-dealkylation sites (tertiary alicyclic amines) is 1. The SMILES string of the molecule is CC1CN(C(=O)NCc2nccs2)CC1C(=O)O. The van der Waals surface area contributed by atoms with Crippen molar-refractivity contribution in [1.82, 2.24) is 15.2 Å². The van der Waals surface area contributed by atoms with E-state index in [1.165, 1.54) is 11.3 Å². The van der Waals surface area contributed by atoms with Crippen LogP contribution >= 0.6 is 11.3 Å². The Hall–Kier alpha value is -1.63. The van der Waals surface area contributed by atoms with Crippen LogP contribution in [-0.2, 0) is 11.3 Å². The monoisotopic (exact) mass is 269 g/mol. The molecule has 2 N–H and O–H groups in total. The summed E-state index contributed by atoms with van der Waals surface area (Å²) < 4.78 is 0. The fourth-order valence-electron chi connectivity index (χ4n) is 2.06. The third-order valence-electron chi connectivity index (χ3n) is 3.09. The van der Waals surface area contributed by atoms with Crippen LogP contribution < -0.4 is 5.32 Å². The number of aromatic nitrogens is 1. The number of nitrogens with one attached hydrogen (secondary N) is 1. The maximum atomic E-state index is 11.9. The Morgan fingerprint density at radius 3 is 2.94 bits per heavy atom. The molecule has 0 saturated carbocycles. The summed E-state index contributed by atoms with van der Waals surface area (Å²) in [6.07, 6.45) is 1.69. The molecule has 1 aliphatic rings. The van der Waals surface area contributed by atoms with Gasteiger partial charge < -0.3 is 15.3 Å². The Labute approximate surface area is 109 Å². The second-order valence-electron chi connectivity index (χ2n) is 4.41. The second-order valence-corrected chi connectivity index (χ2v) is 5.39. The first-order valence-corrected chi connectivity index (χ1v) is 6.60. The van der Waals surface area contributed by atoms with Crippen molar-refractivity contribution in [1.29, 1.82) is 0 Å². The van der Waals surface area contributed by atoms with Crippen LogP contribution in [0.4, 0.5) is 4.79 Å². The molecule has 2 rings (SSSR count). The van der Waals surface area contributed by atoms with Gasteiger partial charge in [-0.3, -0.25) is 4.79 Å². The molecule has 1 aromatic heterocycles. The van der Waals surface area contributed by atoms with Crippen LogP contribution in [0.3, 0.4) is 0 Å². The maximum absolute atomic E-state index is 11.9. The standard InChI is InChI=1S/C11H15N3O3S/c1-7-5-14(6-8(7)10(15)16)11(17)13-4-9-12-2-3-18-9/h2-3,7-8H,4-6H2,1H3,(H,13,17)(H,15,16). The summed E-state index contributed by atoms with van der Waals surface area (Å²) in [6.45, 7) is 3.01. The molecular formula is C11H15N3O3S. The molecule has 1 aliphatic heterocycles. The minimum Gasteiger partial charge on any atom is -0.481 e. The number of carboxylic acids is 1. The van der Waals surface area contributed by atoms with E-state index in [9.17, 15) is 9.59 Å². The molecule has 2 atom stereocenters. The van der Waals surface area contributed by atoms with Crippen molar-refractivity contribution in [2.45, 2.75) is 13.5 Å². The molecule has 0 radical (unpaired) electrons. The molecule has 0 aliphatic carbocycles. The van der Waals surface area contributed by atoms with Gasteiger partial charge in [0.15, 0.2) is 0 Å². The Morgan fingerprint density at radius 2 is 2.39 bits per heavy atom. The first kappa shape index (κ1) is 12.8. The van der Waals surface area contributed by atoms with Crippen molar-refractivity contribution in [2.24, 2.45) is 11.8 Å². The van der Waals surface area contributed by atoms with E-state index in [-0.39, 0.29) is 18.5 Å². The minimum absolute atomic E-state index is 0.00638. The van der Waals surface area contributed by atoms with Gasteiger partial charge in [0, 0.05) is 24.7 Å². The average Bonchev–Trinajstić information content (AvgIpc) is 2.94. The van der Waals surface area contributed by atoms with Gasteiger partial charge in [0.2, 0.25) is 0 Å². The van der Waals surface area contributed by atoms with Crippen molar-refractivity contribution in [3.63, 3.8) is 0 Å². The predicted octanol–water partition coefficient (Wildman–Crippen LogP) is 1.01. The first-order chi connectivity index (χ1) is 8.58. The number of hydrogen-bond acceptors (Lipinski definition) is 4. The summed E-state index contributed by atoms with van der Waals surface area (Å²) in [4.78, 5) is 28.4. The molecule has 98 valence electrons. The number of urea groups is 1. The van der Waals surface area contributed by atoms with E-state index >= 15 is 0 Å². The van der Waals surface area contributed by atoms with Crippen LogP contribution in [0, 0.1) is 11.8 Å². The highest BCUT2D eigenvalue weighted by molar-refractivity contribution is 7.09. The van der Waals surface area contributed by atoms with Crippen molar-refractivity contribution < 1.29 is 14.7 Å². The molecule has 6 nitrogen and oxygen atoms in total. The van der Waals surface area contributed by atoms with Crippen molar-refractivity contribution in [3.05, 3.63) is 16.6 Å². The number of carbonyl (C=O) groups excluding carboxylic acids is 1. The predicted molar refractivity (Wildman–Crippen MR) is 66.2 cm³/mol. The van der Waals surface area contributed by atoms with E-state index < -0.39 is 11.9 Å². The van der Waals surface area contributed by atoms with Crippen LogP contribution in [0.25, 0.3) is 0 Å². The number of nitrogens with zero attached hydrogens (tertiary/aromatic N) is 2. The van der Waals surface area contributed by atoms with E-state index in [0.717, 1.165) is 5.01 Å². The Balaban J connectivity index is 1.85. The van der Waals surface area contributed by atoms with E-state index in [2.05, 4.69) is 10.3 Å². The molecule has 18 heavy (non-hydrogen) atoms. The number of hydrogen-bond donors (Lipinski definition) is 2. The minimum atomic E-state index is -0.835. The molecule has 0 spiro atoms. The van der Waals surface area contributed by atoms with Crippen molar-refractivity contribution in [3.8, 4) is 0 Å². The van der Waals surface area contributed by atoms with Gasteiger partial charge in [0.1, 0.15) is 5.01 Å². The molecule has 1 aromatic rings. The number of thiazole rings is 1.